The van der Waals surface area contributed by atoms with E-state index in [1.54, 1.807) is 13.1 Å². The Morgan fingerprint density at radius 3 is 2.47 bits per heavy atom. The molecule has 0 aromatic heterocycles. The van der Waals surface area contributed by atoms with E-state index in [4.69, 9.17) is 14.6 Å². The number of hydrogen-bond donors (Lipinski definition) is 1. The van der Waals surface area contributed by atoms with Crippen LogP contribution in [0.5, 0.6) is 5.75 Å². The number of nitrogens with zero attached hydrogens (tertiary/aromatic N) is 3. The minimum absolute atomic E-state index is 0.0547. The molecular formula is C30H42N4O4. The van der Waals surface area contributed by atoms with Crippen molar-refractivity contribution in [2.24, 2.45) is 5.10 Å². The predicted molar refractivity (Wildman–Crippen MR) is 154 cm³/mol. The van der Waals surface area contributed by atoms with Crippen molar-refractivity contribution in [3.8, 4) is 5.75 Å². The fraction of sp³-hybridized carbons (Fsp3) is 0.500. The summed E-state index contributed by atoms with van der Waals surface area (Å²) in [6.45, 7) is 18.8. The Morgan fingerprint density at radius 1 is 1.21 bits per heavy atom. The van der Waals surface area contributed by atoms with Crippen LogP contribution in [0, 0.1) is 30.9 Å². The molecule has 206 valence electrons. The van der Waals surface area contributed by atoms with Crippen LogP contribution < -0.4 is 10.1 Å². The minimum atomic E-state index is -0.500. The lowest BCUT2D eigenvalue weighted by molar-refractivity contribution is -0.386. The second kappa shape index (κ2) is 12.4. The zero-order chi connectivity index (χ0) is 28.0. The van der Waals surface area contributed by atoms with Crippen molar-refractivity contribution in [2.45, 2.75) is 86.0 Å². The summed E-state index contributed by atoms with van der Waals surface area (Å²) in [4.78, 5) is 11.3. The normalized spacial score (nSPS) is 20.5. The topological polar surface area (TPSA) is 89.2 Å². The van der Waals surface area contributed by atoms with Crippen LogP contribution in [0.15, 0.2) is 42.1 Å². The fourth-order valence-electron chi connectivity index (χ4n) is 5.05. The van der Waals surface area contributed by atoms with Crippen LogP contribution in [0.1, 0.15) is 74.8 Å². The first-order valence-corrected chi connectivity index (χ1v) is 13.5. The molecule has 2 unspecified atom stereocenters. The van der Waals surface area contributed by atoms with Crippen LogP contribution >= 0.6 is 0 Å². The molecule has 0 spiro atoms. The Balaban J connectivity index is 0.00000195. The molecule has 1 N–H and O–H groups in total. The van der Waals surface area contributed by atoms with Crippen LogP contribution in [0.3, 0.4) is 0 Å². The quantitative estimate of drug-likeness (QED) is 0.227. The predicted octanol–water partition coefficient (Wildman–Crippen LogP) is 7.05. The van der Waals surface area contributed by atoms with E-state index in [1.165, 1.54) is 0 Å². The summed E-state index contributed by atoms with van der Waals surface area (Å²) in [5, 5.41) is 21.6. The van der Waals surface area contributed by atoms with Crippen molar-refractivity contribution >= 4 is 17.1 Å². The van der Waals surface area contributed by atoms with E-state index >= 15 is 0 Å². The van der Waals surface area contributed by atoms with E-state index in [2.05, 4.69) is 11.9 Å². The van der Waals surface area contributed by atoms with Gasteiger partial charge in [-0.15, -0.1) is 0 Å². The number of nitrogens with one attached hydrogen (secondary N) is 1. The number of hydrazone groups is 1. The molecule has 1 fully saturated rings. The van der Waals surface area contributed by atoms with Gasteiger partial charge in [0.15, 0.2) is 0 Å². The van der Waals surface area contributed by atoms with Gasteiger partial charge in [0.1, 0.15) is 17.6 Å². The number of hydrogen-bond acceptors (Lipinski definition) is 7. The van der Waals surface area contributed by atoms with Crippen molar-refractivity contribution in [3.05, 3.63) is 75.0 Å². The summed E-state index contributed by atoms with van der Waals surface area (Å²) < 4.78 is 12.2. The smallest absolute Gasteiger partial charge is 0.275 e. The van der Waals surface area contributed by atoms with Gasteiger partial charge in [0.25, 0.3) is 5.69 Å². The highest BCUT2D eigenvalue weighted by Crippen LogP contribution is 2.45. The van der Waals surface area contributed by atoms with E-state index in [-0.39, 0.29) is 16.8 Å². The van der Waals surface area contributed by atoms with Gasteiger partial charge in [0.2, 0.25) is 0 Å². The number of fused-ring (bicyclic) bond motifs is 1. The standard InChI is InChI=1S/C28H36N4O4.C2H6/c1-7-31(25-10-8-9-15-35-25)30-21(5)22-11-13-23(14-12-22)29-17-28(6)16-24-20(4)26(32(33)34)18(2)19(3)27(24)36-28;1-2/h7,11-14,25,29H,1,8-10,15-17H2,2-6H3;1-2H3/b30-21+;. The molecule has 0 bridgehead atoms. The molecule has 0 saturated carbocycles. The van der Waals surface area contributed by atoms with Gasteiger partial charge >= 0.3 is 0 Å². The molecule has 0 amide bonds. The van der Waals surface area contributed by atoms with Crippen molar-refractivity contribution in [1.29, 1.82) is 0 Å². The summed E-state index contributed by atoms with van der Waals surface area (Å²) in [6, 6.07) is 8.14. The van der Waals surface area contributed by atoms with Gasteiger partial charge in [0.05, 0.1) is 17.2 Å². The van der Waals surface area contributed by atoms with Crippen LogP contribution in [-0.4, -0.2) is 40.6 Å². The maximum Gasteiger partial charge on any atom is 0.275 e. The highest BCUT2D eigenvalue weighted by atomic mass is 16.6. The third kappa shape index (κ3) is 6.18. The lowest BCUT2D eigenvalue weighted by Gasteiger charge is -2.29. The number of nitro groups is 1. The second-order valence-electron chi connectivity index (χ2n) is 10.0. The van der Waals surface area contributed by atoms with Crippen molar-refractivity contribution in [1.82, 2.24) is 5.01 Å². The Bertz CT molecular complexity index is 1190. The average Bonchev–Trinajstić information content (AvgIpc) is 3.29. The van der Waals surface area contributed by atoms with Gasteiger partial charge in [-0.3, -0.25) is 10.1 Å². The number of rotatable bonds is 8. The monoisotopic (exact) mass is 522 g/mol. The van der Waals surface area contributed by atoms with E-state index in [0.717, 1.165) is 59.7 Å². The van der Waals surface area contributed by atoms with Crippen molar-refractivity contribution in [3.63, 3.8) is 0 Å². The first-order valence-electron chi connectivity index (χ1n) is 13.5. The van der Waals surface area contributed by atoms with Crippen LogP contribution in [-0.2, 0) is 11.2 Å². The molecule has 2 aliphatic rings. The molecule has 2 heterocycles. The third-order valence-electron chi connectivity index (χ3n) is 7.29. The van der Waals surface area contributed by atoms with E-state index < -0.39 is 5.60 Å². The van der Waals surface area contributed by atoms with Gasteiger partial charge in [-0.1, -0.05) is 32.6 Å². The summed E-state index contributed by atoms with van der Waals surface area (Å²) in [6.07, 6.45) is 5.45. The summed E-state index contributed by atoms with van der Waals surface area (Å²) in [5.74, 6) is 0.788. The van der Waals surface area contributed by atoms with Crippen LogP contribution in [0.4, 0.5) is 11.4 Å². The molecule has 0 radical (unpaired) electrons. The molecule has 2 aliphatic heterocycles. The number of benzene rings is 2. The second-order valence-corrected chi connectivity index (χ2v) is 10.0. The zero-order valence-electron chi connectivity index (χ0n) is 23.9. The minimum Gasteiger partial charge on any atom is -0.485 e. The van der Waals surface area contributed by atoms with Crippen LogP contribution in [0.25, 0.3) is 0 Å². The maximum atomic E-state index is 11.6. The Hall–Kier alpha value is -3.39. The number of nitro benzene ring substituents is 1. The third-order valence-corrected chi connectivity index (χ3v) is 7.29. The first-order chi connectivity index (χ1) is 18.1. The van der Waals surface area contributed by atoms with E-state index in [0.29, 0.717) is 24.1 Å². The molecule has 2 aromatic rings. The number of ether oxygens (including phenoxy) is 2. The maximum absolute atomic E-state index is 11.6. The molecule has 4 rings (SSSR count). The fourth-order valence-corrected chi connectivity index (χ4v) is 5.05. The summed E-state index contributed by atoms with van der Waals surface area (Å²) in [7, 11) is 0. The Morgan fingerprint density at radius 2 is 1.89 bits per heavy atom. The molecule has 2 aromatic carbocycles. The molecule has 8 nitrogen and oxygen atoms in total. The summed E-state index contributed by atoms with van der Waals surface area (Å²) >= 11 is 0. The molecule has 0 aliphatic carbocycles. The SMILES string of the molecule is C=CN(/N=C(\C)c1ccc(NCC2(C)Cc3c(C)c([N+](=O)[O-])c(C)c(C)c3O2)cc1)C1CCCCO1.CC. The highest BCUT2D eigenvalue weighted by molar-refractivity contribution is 5.98. The first kappa shape index (κ1) is 29.2. The Labute approximate surface area is 226 Å². The molecule has 1 saturated heterocycles. The van der Waals surface area contributed by atoms with Gasteiger partial charge in [0, 0.05) is 47.2 Å². The highest BCUT2D eigenvalue weighted by Gasteiger charge is 2.39. The van der Waals surface area contributed by atoms with Crippen molar-refractivity contribution < 1.29 is 14.4 Å². The largest absolute Gasteiger partial charge is 0.485 e. The van der Waals surface area contributed by atoms with Gasteiger partial charge < -0.3 is 14.8 Å². The molecule has 2 atom stereocenters. The lowest BCUT2D eigenvalue weighted by atomic mass is 9.92. The molecule has 38 heavy (non-hydrogen) atoms. The van der Waals surface area contributed by atoms with E-state index in [1.807, 2.05) is 70.8 Å². The summed E-state index contributed by atoms with van der Waals surface area (Å²) in [5.41, 5.74) is 5.73. The van der Waals surface area contributed by atoms with Crippen molar-refractivity contribution in [2.75, 3.05) is 18.5 Å². The van der Waals surface area contributed by atoms with Crippen LogP contribution in [0.2, 0.25) is 0 Å². The van der Waals surface area contributed by atoms with Gasteiger partial charge in [-0.2, -0.15) is 5.10 Å². The Kier molecular flexibility index (Phi) is 9.55. The van der Waals surface area contributed by atoms with E-state index in [9.17, 15) is 10.1 Å². The molecule has 8 heteroatoms. The van der Waals surface area contributed by atoms with Gasteiger partial charge in [-0.25, -0.2) is 5.01 Å². The molecular weight excluding hydrogens is 480 g/mol. The number of anilines is 1. The van der Waals surface area contributed by atoms with Gasteiger partial charge in [-0.05, 0) is 71.6 Å². The lowest BCUT2D eigenvalue weighted by Crippen LogP contribution is -2.38. The zero-order valence-corrected chi connectivity index (χ0v) is 23.9. The average molecular weight is 523 g/mol.